The normalized spacial score (nSPS) is 14.4. The van der Waals surface area contributed by atoms with Crippen LogP contribution in [0.5, 0.6) is 0 Å². The van der Waals surface area contributed by atoms with Crippen LogP contribution >= 0.6 is 0 Å². The molecule has 4 amide bonds. The van der Waals surface area contributed by atoms with Crippen molar-refractivity contribution in [2.75, 3.05) is 45.8 Å². The molecule has 0 unspecified atom stereocenters. The summed E-state index contributed by atoms with van der Waals surface area (Å²) >= 11 is 0. The molecule has 0 saturated carbocycles. The summed E-state index contributed by atoms with van der Waals surface area (Å²) in [6.45, 7) is 1.02. The molecule has 1 aliphatic rings. The Morgan fingerprint density at radius 2 is 1.81 bits per heavy atom. The molecule has 0 bridgehead atoms. The number of nitrogens with two attached hydrogens (primary N) is 1. The molecule has 1 saturated heterocycles. The third-order valence-corrected chi connectivity index (χ3v) is 2.82. The maximum Gasteiger partial charge on any atom is 0.323 e. The molecule has 0 aromatic carbocycles. The Labute approximate surface area is 121 Å². The smallest absolute Gasteiger partial charge is 0.323 e. The topological polar surface area (TPSA) is 145 Å². The van der Waals surface area contributed by atoms with E-state index in [1.165, 1.54) is 0 Å². The number of carbonyl (C=O) groups is 4. The van der Waals surface area contributed by atoms with E-state index in [2.05, 4.69) is 10.6 Å². The summed E-state index contributed by atoms with van der Waals surface area (Å²) in [7, 11) is 0. The van der Waals surface area contributed by atoms with Gasteiger partial charge in [-0.05, 0) is 0 Å². The Morgan fingerprint density at radius 3 is 2.33 bits per heavy atom. The first-order chi connectivity index (χ1) is 9.90. The molecule has 118 valence electrons. The molecule has 5 N–H and O–H groups in total. The second-order valence-electron chi connectivity index (χ2n) is 4.51. The summed E-state index contributed by atoms with van der Waals surface area (Å²) in [5, 5.41) is 14.1. The van der Waals surface area contributed by atoms with Gasteiger partial charge in [0.2, 0.25) is 11.8 Å². The van der Waals surface area contributed by atoms with Gasteiger partial charge in [-0.25, -0.2) is 4.79 Å². The maximum atomic E-state index is 11.8. The minimum Gasteiger partial charge on any atom is -0.480 e. The van der Waals surface area contributed by atoms with Crippen LogP contribution in [0.2, 0.25) is 0 Å². The van der Waals surface area contributed by atoms with Crippen molar-refractivity contribution in [3.8, 4) is 0 Å². The highest BCUT2D eigenvalue weighted by molar-refractivity contribution is 5.88. The van der Waals surface area contributed by atoms with Crippen molar-refractivity contribution >= 4 is 23.8 Å². The Kier molecular flexibility index (Phi) is 6.40. The van der Waals surface area contributed by atoms with E-state index in [4.69, 9.17) is 10.8 Å². The SMILES string of the molecule is NC(=O)CN(CC(=O)O)C(=O)NCC(=O)N1CCNCC1. The fourth-order valence-electron chi connectivity index (χ4n) is 1.84. The van der Waals surface area contributed by atoms with Crippen molar-refractivity contribution in [1.29, 1.82) is 0 Å². The molecule has 0 aromatic heterocycles. The summed E-state index contributed by atoms with van der Waals surface area (Å²) in [5.41, 5.74) is 4.94. The average molecular weight is 301 g/mol. The number of carbonyl (C=O) groups excluding carboxylic acids is 3. The van der Waals surface area contributed by atoms with Crippen LogP contribution in [0, 0.1) is 0 Å². The van der Waals surface area contributed by atoms with Crippen LogP contribution < -0.4 is 16.4 Å². The monoisotopic (exact) mass is 301 g/mol. The fraction of sp³-hybridized carbons (Fsp3) is 0.636. The Balaban J connectivity index is 2.46. The van der Waals surface area contributed by atoms with E-state index in [-0.39, 0.29) is 12.5 Å². The van der Waals surface area contributed by atoms with Gasteiger partial charge in [0.1, 0.15) is 13.1 Å². The molecule has 0 aromatic rings. The molecular formula is C11H19N5O5. The zero-order valence-corrected chi connectivity index (χ0v) is 11.5. The van der Waals surface area contributed by atoms with Crippen LogP contribution in [0.25, 0.3) is 0 Å². The number of nitrogens with one attached hydrogen (secondary N) is 2. The lowest BCUT2D eigenvalue weighted by atomic mass is 10.3. The summed E-state index contributed by atoms with van der Waals surface area (Å²) < 4.78 is 0. The number of carboxylic acid groups (broad SMARTS) is 1. The largest absolute Gasteiger partial charge is 0.480 e. The number of carboxylic acids is 1. The van der Waals surface area contributed by atoms with Gasteiger partial charge in [-0.2, -0.15) is 0 Å². The quantitative estimate of drug-likeness (QED) is 0.411. The molecule has 10 heteroatoms. The zero-order chi connectivity index (χ0) is 15.8. The third-order valence-electron chi connectivity index (χ3n) is 2.82. The van der Waals surface area contributed by atoms with Crippen molar-refractivity contribution in [2.45, 2.75) is 0 Å². The fourth-order valence-corrected chi connectivity index (χ4v) is 1.84. The second kappa shape index (κ2) is 8.04. The van der Waals surface area contributed by atoms with E-state index in [1.807, 2.05) is 0 Å². The van der Waals surface area contributed by atoms with E-state index in [0.717, 1.165) is 4.90 Å². The lowest BCUT2D eigenvalue weighted by molar-refractivity contribution is -0.137. The molecule has 0 atom stereocenters. The van der Waals surface area contributed by atoms with Crippen LogP contribution in [0.4, 0.5) is 4.79 Å². The van der Waals surface area contributed by atoms with Crippen LogP contribution in [0.1, 0.15) is 0 Å². The molecule has 1 rings (SSSR count). The number of rotatable bonds is 6. The Bertz CT molecular complexity index is 405. The summed E-state index contributed by atoms with van der Waals surface area (Å²) in [5.74, 6) is -2.38. The second-order valence-corrected chi connectivity index (χ2v) is 4.51. The van der Waals surface area contributed by atoms with Crippen molar-refractivity contribution < 1.29 is 24.3 Å². The van der Waals surface area contributed by atoms with Gasteiger partial charge >= 0.3 is 12.0 Å². The average Bonchev–Trinajstić information content (AvgIpc) is 2.43. The van der Waals surface area contributed by atoms with Crippen LogP contribution in [0.3, 0.4) is 0 Å². The van der Waals surface area contributed by atoms with Crippen molar-refractivity contribution in [1.82, 2.24) is 20.4 Å². The van der Waals surface area contributed by atoms with Crippen LogP contribution in [0.15, 0.2) is 0 Å². The first-order valence-electron chi connectivity index (χ1n) is 6.41. The maximum absolute atomic E-state index is 11.8. The van der Waals surface area contributed by atoms with Gasteiger partial charge in [0, 0.05) is 26.2 Å². The van der Waals surface area contributed by atoms with Crippen molar-refractivity contribution in [2.24, 2.45) is 5.73 Å². The predicted octanol–water partition coefficient (Wildman–Crippen LogP) is -3.00. The van der Waals surface area contributed by atoms with E-state index in [0.29, 0.717) is 26.2 Å². The molecule has 1 aliphatic heterocycles. The number of piperazine rings is 1. The standard InChI is InChI=1S/C11H19N5O5/c12-8(17)6-16(7-10(19)20)11(21)14-5-9(18)15-3-1-13-2-4-15/h13H,1-7H2,(H2,12,17)(H,14,21)(H,19,20). The van der Waals surface area contributed by atoms with Crippen molar-refractivity contribution in [3.05, 3.63) is 0 Å². The highest BCUT2D eigenvalue weighted by Crippen LogP contribution is 1.94. The van der Waals surface area contributed by atoms with E-state index in [1.54, 1.807) is 4.90 Å². The number of primary amides is 1. The van der Waals surface area contributed by atoms with E-state index >= 15 is 0 Å². The lowest BCUT2D eigenvalue weighted by Gasteiger charge is -2.28. The van der Waals surface area contributed by atoms with Gasteiger partial charge in [-0.1, -0.05) is 0 Å². The minimum absolute atomic E-state index is 0.256. The predicted molar refractivity (Wildman–Crippen MR) is 71.3 cm³/mol. The van der Waals surface area contributed by atoms with Gasteiger partial charge in [-0.3, -0.25) is 14.4 Å². The van der Waals surface area contributed by atoms with Crippen LogP contribution in [-0.4, -0.2) is 84.5 Å². The van der Waals surface area contributed by atoms with Gasteiger partial charge < -0.3 is 31.3 Å². The molecule has 10 nitrogen and oxygen atoms in total. The Hall–Kier alpha value is -2.36. The van der Waals surface area contributed by atoms with Gasteiger partial charge in [0.15, 0.2) is 0 Å². The number of hydrogen-bond donors (Lipinski definition) is 4. The minimum atomic E-state index is -1.28. The highest BCUT2D eigenvalue weighted by atomic mass is 16.4. The van der Waals surface area contributed by atoms with Gasteiger partial charge in [0.05, 0.1) is 6.54 Å². The molecule has 0 spiro atoms. The first kappa shape index (κ1) is 16.7. The number of hydrogen-bond acceptors (Lipinski definition) is 5. The molecule has 21 heavy (non-hydrogen) atoms. The van der Waals surface area contributed by atoms with E-state index < -0.39 is 31.0 Å². The summed E-state index contributed by atoms with van der Waals surface area (Å²) in [4.78, 5) is 47.3. The molecule has 1 heterocycles. The van der Waals surface area contributed by atoms with E-state index in [9.17, 15) is 19.2 Å². The van der Waals surface area contributed by atoms with Crippen molar-refractivity contribution in [3.63, 3.8) is 0 Å². The third kappa shape index (κ3) is 6.08. The molecule has 0 aliphatic carbocycles. The molecule has 1 fully saturated rings. The first-order valence-corrected chi connectivity index (χ1v) is 6.41. The van der Waals surface area contributed by atoms with Gasteiger partial charge in [0.25, 0.3) is 0 Å². The molecular weight excluding hydrogens is 282 g/mol. The highest BCUT2D eigenvalue weighted by Gasteiger charge is 2.21. The zero-order valence-electron chi connectivity index (χ0n) is 11.5. The Morgan fingerprint density at radius 1 is 1.19 bits per heavy atom. The summed E-state index contributed by atoms with van der Waals surface area (Å²) in [6.07, 6.45) is 0. The lowest BCUT2D eigenvalue weighted by Crippen LogP contribution is -2.52. The number of urea groups is 1. The van der Waals surface area contributed by atoms with Gasteiger partial charge in [-0.15, -0.1) is 0 Å². The number of amides is 4. The summed E-state index contributed by atoms with van der Waals surface area (Å²) in [6, 6.07) is -0.820. The van der Waals surface area contributed by atoms with Crippen LogP contribution in [-0.2, 0) is 14.4 Å². The number of nitrogens with zero attached hydrogens (tertiary/aromatic N) is 2. The molecule has 0 radical (unpaired) electrons. The number of aliphatic carboxylic acids is 1.